The van der Waals surface area contributed by atoms with Crippen molar-refractivity contribution in [3.8, 4) is 0 Å². The van der Waals surface area contributed by atoms with Gasteiger partial charge in [-0.15, -0.1) is 0 Å². The molecular formula is C22H31N7O2. The largest absolute Gasteiger partial charge is 0.393 e. The van der Waals surface area contributed by atoms with Crippen LogP contribution in [0, 0.1) is 0 Å². The van der Waals surface area contributed by atoms with Crippen molar-refractivity contribution in [1.82, 2.24) is 15.0 Å². The standard InChI is InChI=1S/C22H31N7O2/c1-15-5-4-10-29(15)21-19(27(3)16(2)30)14-24-22(26-21)25-20-7-6-17(13-23-20)28-11-8-18(31)9-12-28/h6-7,13-15,18,31H,4-5,8-12H2,1-3H3,(H,23,24,25,26)/t15-/m1/s1. The Morgan fingerprint density at radius 1 is 1.16 bits per heavy atom. The van der Waals surface area contributed by atoms with Gasteiger partial charge in [-0.05, 0) is 44.7 Å². The Labute approximate surface area is 183 Å². The van der Waals surface area contributed by atoms with E-state index < -0.39 is 0 Å². The van der Waals surface area contributed by atoms with Gasteiger partial charge in [-0.25, -0.2) is 9.97 Å². The van der Waals surface area contributed by atoms with Crippen LogP contribution in [-0.4, -0.2) is 64.8 Å². The number of amides is 1. The molecular weight excluding hydrogens is 394 g/mol. The summed E-state index contributed by atoms with van der Waals surface area (Å²) in [4.78, 5) is 31.7. The Hall–Kier alpha value is -2.94. The highest BCUT2D eigenvalue weighted by Crippen LogP contribution is 2.33. The number of aromatic nitrogens is 3. The van der Waals surface area contributed by atoms with E-state index in [2.05, 4.69) is 32.0 Å². The number of hydrogen-bond donors (Lipinski definition) is 2. The van der Waals surface area contributed by atoms with E-state index in [1.54, 1.807) is 18.1 Å². The van der Waals surface area contributed by atoms with Crippen molar-refractivity contribution in [3.63, 3.8) is 0 Å². The predicted molar refractivity (Wildman–Crippen MR) is 122 cm³/mol. The molecule has 166 valence electrons. The zero-order valence-corrected chi connectivity index (χ0v) is 18.5. The Kier molecular flexibility index (Phi) is 6.22. The number of rotatable bonds is 5. The molecule has 0 aliphatic carbocycles. The van der Waals surface area contributed by atoms with E-state index in [1.807, 2.05) is 18.3 Å². The molecule has 9 heteroatoms. The summed E-state index contributed by atoms with van der Waals surface area (Å²) in [6, 6.07) is 4.30. The van der Waals surface area contributed by atoms with Crippen LogP contribution < -0.4 is 20.0 Å². The van der Waals surface area contributed by atoms with Gasteiger partial charge in [-0.1, -0.05) is 0 Å². The molecule has 2 fully saturated rings. The summed E-state index contributed by atoms with van der Waals surface area (Å²) in [5.74, 6) is 1.83. The summed E-state index contributed by atoms with van der Waals surface area (Å²) in [5, 5.41) is 12.9. The van der Waals surface area contributed by atoms with Crippen molar-refractivity contribution in [3.05, 3.63) is 24.5 Å². The number of hydrogen-bond acceptors (Lipinski definition) is 8. The van der Waals surface area contributed by atoms with Gasteiger partial charge in [-0.3, -0.25) is 4.79 Å². The average Bonchev–Trinajstić information content (AvgIpc) is 3.20. The number of carbonyl (C=O) groups excluding carboxylic acids is 1. The highest BCUT2D eigenvalue weighted by Gasteiger charge is 2.27. The molecule has 2 aliphatic rings. The maximum Gasteiger partial charge on any atom is 0.230 e. The van der Waals surface area contributed by atoms with Gasteiger partial charge in [0.2, 0.25) is 11.9 Å². The molecule has 0 unspecified atom stereocenters. The van der Waals surface area contributed by atoms with Crippen LogP contribution in [-0.2, 0) is 4.79 Å². The molecule has 4 rings (SSSR count). The second kappa shape index (κ2) is 9.05. The fourth-order valence-corrected chi connectivity index (χ4v) is 4.18. The van der Waals surface area contributed by atoms with Gasteiger partial charge in [0.15, 0.2) is 5.82 Å². The fourth-order valence-electron chi connectivity index (χ4n) is 4.18. The van der Waals surface area contributed by atoms with Crippen molar-refractivity contribution in [2.45, 2.75) is 51.7 Å². The Morgan fingerprint density at radius 3 is 2.55 bits per heavy atom. The molecule has 0 spiro atoms. The van der Waals surface area contributed by atoms with E-state index in [9.17, 15) is 9.90 Å². The minimum Gasteiger partial charge on any atom is -0.393 e. The van der Waals surface area contributed by atoms with Crippen LogP contribution in [0.1, 0.15) is 39.5 Å². The van der Waals surface area contributed by atoms with Crippen molar-refractivity contribution < 1.29 is 9.90 Å². The molecule has 0 saturated carbocycles. The van der Waals surface area contributed by atoms with Gasteiger partial charge >= 0.3 is 0 Å². The van der Waals surface area contributed by atoms with Crippen molar-refractivity contribution in [2.75, 3.05) is 46.7 Å². The fraction of sp³-hybridized carbons (Fsp3) is 0.545. The van der Waals surface area contributed by atoms with Gasteiger partial charge in [-0.2, -0.15) is 4.98 Å². The number of piperidine rings is 1. The molecule has 1 atom stereocenters. The molecule has 1 amide bonds. The topological polar surface area (TPSA) is 97.7 Å². The van der Waals surface area contributed by atoms with Crippen LogP contribution in [0.4, 0.5) is 29.0 Å². The minimum absolute atomic E-state index is 0.0557. The first-order chi connectivity index (χ1) is 14.9. The maximum atomic E-state index is 12.0. The summed E-state index contributed by atoms with van der Waals surface area (Å²) in [7, 11) is 1.75. The highest BCUT2D eigenvalue weighted by molar-refractivity contribution is 5.94. The number of aliphatic hydroxyl groups excluding tert-OH is 1. The number of pyridine rings is 1. The SMILES string of the molecule is CC(=O)N(C)c1cnc(Nc2ccc(N3CCC(O)CC3)cn2)nc1N1CCC[C@H]1C. The number of carbonyl (C=O) groups is 1. The van der Waals surface area contributed by atoms with Crippen LogP contribution in [0.5, 0.6) is 0 Å². The zero-order chi connectivity index (χ0) is 22.0. The highest BCUT2D eigenvalue weighted by atomic mass is 16.3. The summed E-state index contributed by atoms with van der Waals surface area (Å²) in [6.45, 7) is 6.30. The van der Waals surface area contributed by atoms with Gasteiger partial charge in [0, 0.05) is 39.6 Å². The van der Waals surface area contributed by atoms with E-state index >= 15 is 0 Å². The molecule has 4 heterocycles. The summed E-state index contributed by atoms with van der Waals surface area (Å²) in [6.07, 6.45) is 7.12. The second-order valence-corrected chi connectivity index (χ2v) is 8.41. The van der Waals surface area contributed by atoms with Crippen molar-refractivity contribution in [1.29, 1.82) is 0 Å². The van der Waals surface area contributed by atoms with Gasteiger partial charge < -0.3 is 25.1 Å². The van der Waals surface area contributed by atoms with Gasteiger partial charge in [0.25, 0.3) is 0 Å². The van der Waals surface area contributed by atoms with E-state index in [0.29, 0.717) is 23.5 Å². The average molecular weight is 426 g/mol. The third-order valence-corrected chi connectivity index (χ3v) is 6.23. The molecule has 2 aromatic rings. The third-order valence-electron chi connectivity index (χ3n) is 6.23. The lowest BCUT2D eigenvalue weighted by molar-refractivity contribution is -0.116. The van der Waals surface area contributed by atoms with Crippen LogP contribution >= 0.6 is 0 Å². The molecule has 2 aromatic heterocycles. The third kappa shape index (κ3) is 4.71. The van der Waals surface area contributed by atoms with Crippen LogP contribution in [0.25, 0.3) is 0 Å². The van der Waals surface area contributed by atoms with E-state index in [0.717, 1.165) is 56.8 Å². The van der Waals surface area contributed by atoms with Crippen LogP contribution in [0.15, 0.2) is 24.5 Å². The number of nitrogens with zero attached hydrogens (tertiary/aromatic N) is 6. The molecule has 2 aliphatic heterocycles. The molecule has 9 nitrogen and oxygen atoms in total. The van der Waals surface area contributed by atoms with E-state index in [1.165, 1.54) is 6.92 Å². The summed E-state index contributed by atoms with van der Waals surface area (Å²) >= 11 is 0. The number of anilines is 5. The molecule has 0 aromatic carbocycles. The molecule has 2 saturated heterocycles. The Morgan fingerprint density at radius 2 is 1.94 bits per heavy atom. The minimum atomic E-state index is -0.195. The molecule has 0 bridgehead atoms. The molecule has 0 radical (unpaired) electrons. The first-order valence-electron chi connectivity index (χ1n) is 11.0. The lowest BCUT2D eigenvalue weighted by atomic mass is 10.1. The summed E-state index contributed by atoms with van der Waals surface area (Å²) < 4.78 is 0. The summed E-state index contributed by atoms with van der Waals surface area (Å²) in [5.41, 5.74) is 1.76. The maximum absolute atomic E-state index is 12.0. The quantitative estimate of drug-likeness (QED) is 0.754. The van der Waals surface area contributed by atoms with Crippen molar-refractivity contribution in [2.24, 2.45) is 0 Å². The predicted octanol–water partition coefficient (Wildman–Crippen LogP) is 2.55. The number of aliphatic hydroxyl groups is 1. The second-order valence-electron chi connectivity index (χ2n) is 8.41. The lowest BCUT2D eigenvalue weighted by Gasteiger charge is -2.31. The van der Waals surface area contributed by atoms with Gasteiger partial charge in [0.05, 0.1) is 24.2 Å². The Bertz CT molecular complexity index is 913. The van der Waals surface area contributed by atoms with Crippen molar-refractivity contribution >= 4 is 34.9 Å². The Balaban J connectivity index is 1.53. The monoisotopic (exact) mass is 425 g/mol. The number of nitrogens with one attached hydrogen (secondary N) is 1. The van der Waals surface area contributed by atoms with E-state index in [4.69, 9.17) is 4.98 Å². The normalized spacial score (nSPS) is 19.5. The smallest absolute Gasteiger partial charge is 0.230 e. The first-order valence-corrected chi connectivity index (χ1v) is 11.0. The van der Waals surface area contributed by atoms with Crippen LogP contribution in [0.3, 0.4) is 0 Å². The zero-order valence-electron chi connectivity index (χ0n) is 18.5. The molecule has 2 N–H and O–H groups in total. The van der Waals surface area contributed by atoms with Gasteiger partial charge in [0.1, 0.15) is 11.5 Å². The lowest BCUT2D eigenvalue weighted by Crippen LogP contribution is -2.35. The van der Waals surface area contributed by atoms with E-state index in [-0.39, 0.29) is 12.0 Å². The van der Waals surface area contributed by atoms with Crippen LogP contribution in [0.2, 0.25) is 0 Å². The molecule has 31 heavy (non-hydrogen) atoms. The first kappa shape index (κ1) is 21.3.